The van der Waals surface area contributed by atoms with E-state index in [9.17, 15) is 0 Å². The van der Waals surface area contributed by atoms with Crippen molar-refractivity contribution < 1.29 is 0 Å². The minimum Gasteiger partial charge on any atom is -0.263 e. The molecule has 2 nitrogen and oxygen atoms in total. The summed E-state index contributed by atoms with van der Waals surface area (Å²) in [6.45, 7) is 0. The average Bonchev–Trinajstić information content (AvgIpc) is 2.19. The Balaban J connectivity index is 2.48. The first-order valence-electron chi connectivity index (χ1n) is 3.88. The van der Waals surface area contributed by atoms with Crippen LogP contribution in [0.25, 0.3) is 11.3 Å². The zero-order valence-electron chi connectivity index (χ0n) is 6.81. The van der Waals surface area contributed by atoms with Gasteiger partial charge in [-0.3, -0.25) is 9.97 Å². The van der Waals surface area contributed by atoms with Crippen molar-refractivity contribution in [2.45, 2.75) is 0 Å². The lowest BCUT2D eigenvalue weighted by Gasteiger charge is -1.98. The minimum absolute atomic E-state index is 0.941. The van der Waals surface area contributed by atoms with Gasteiger partial charge in [0.1, 0.15) is 0 Å². The molecule has 0 N–H and O–H groups in total. The molecule has 0 radical (unpaired) electrons. The van der Waals surface area contributed by atoms with Gasteiger partial charge >= 0.3 is 0 Å². The number of nitrogens with zero attached hydrogens (tertiary/aromatic N) is 2. The normalized spacial score (nSPS) is 9.92. The van der Waals surface area contributed by atoms with Crippen LogP contribution in [0.3, 0.4) is 0 Å². The molecule has 13 heavy (non-hydrogen) atoms. The highest BCUT2D eigenvalue weighted by Crippen LogP contribution is 2.18. The Kier molecular flexibility index (Phi) is 2.36. The third kappa shape index (κ3) is 1.92. The zero-order chi connectivity index (χ0) is 9.10. The summed E-state index contributed by atoms with van der Waals surface area (Å²) < 4.78 is 0.968. The SMILES string of the molecule is Brc1cncc(-c2ccccn2)c1. The molecule has 0 aliphatic carbocycles. The first kappa shape index (κ1) is 8.38. The van der Waals surface area contributed by atoms with Crippen molar-refractivity contribution in [1.29, 1.82) is 0 Å². The molecule has 0 aromatic carbocycles. The molecule has 0 atom stereocenters. The van der Waals surface area contributed by atoms with Crippen LogP contribution in [0, 0.1) is 0 Å². The quantitative estimate of drug-likeness (QED) is 0.759. The number of aromatic nitrogens is 2. The van der Waals surface area contributed by atoms with Gasteiger partial charge in [0, 0.05) is 28.6 Å². The number of pyridine rings is 2. The lowest BCUT2D eigenvalue weighted by Crippen LogP contribution is -1.82. The predicted molar refractivity (Wildman–Crippen MR) is 55.2 cm³/mol. The van der Waals surface area contributed by atoms with Gasteiger partial charge in [0.15, 0.2) is 0 Å². The monoisotopic (exact) mass is 234 g/mol. The molecule has 0 saturated carbocycles. The van der Waals surface area contributed by atoms with E-state index in [1.165, 1.54) is 0 Å². The molecule has 0 spiro atoms. The van der Waals surface area contributed by atoms with Gasteiger partial charge in [0.25, 0.3) is 0 Å². The van der Waals surface area contributed by atoms with Crippen molar-refractivity contribution in [2.75, 3.05) is 0 Å². The highest BCUT2D eigenvalue weighted by molar-refractivity contribution is 9.10. The van der Waals surface area contributed by atoms with Crippen LogP contribution in [-0.4, -0.2) is 9.97 Å². The van der Waals surface area contributed by atoms with Crippen LogP contribution in [0.1, 0.15) is 0 Å². The Morgan fingerprint density at radius 1 is 1.15 bits per heavy atom. The Bertz CT molecular complexity index is 401. The highest BCUT2D eigenvalue weighted by atomic mass is 79.9. The third-order valence-corrected chi connectivity index (χ3v) is 2.10. The molecular formula is C10H7BrN2. The summed E-state index contributed by atoms with van der Waals surface area (Å²) in [5.74, 6) is 0. The van der Waals surface area contributed by atoms with Crippen molar-refractivity contribution in [3.05, 3.63) is 47.3 Å². The zero-order valence-corrected chi connectivity index (χ0v) is 8.40. The molecule has 2 aromatic rings. The van der Waals surface area contributed by atoms with Gasteiger partial charge in [-0.15, -0.1) is 0 Å². The van der Waals surface area contributed by atoms with Crippen molar-refractivity contribution >= 4 is 15.9 Å². The molecule has 0 saturated heterocycles. The topological polar surface area (TPSA) is 25.8 Å². The van der Waals surface area contributed by atoms with Gasteiger partial charge in [-0.25, -0.2) is 0 Å². The molecule has 2 aromatic heterocycles. The molecular weight excluding hydrogens is 228 g/mol. The molecule has 0 bridgehead atoms. The lowest BCUT2D eigenvalue weighted by molar-refractivity contribution is 1.27. The molecule has 0 amide bonds. The number of hydrogen-bond donors (Lipinski definition) is 0. The van der Waals surface area contributed by atoms with E-state index in [1.54, 1.807) is 18.6 Å². The Hall–Kier alpha value is -1.22. The largest absolute Gasteiger partial charge is 0.263 e. The van der Waals surface area contributed by atoms with Crippen LogP contribution in [0.2, 0.25) is 0 Å². The summed E-state index contributed by atoms with van der Waals surface area (Å²) in [6, 6.07) is 7.82. The second-order valence-corrected chi connectivity index (χ2v) is 3.52. The van der Waals surface area contributed by atoms with Gasteiger partial charge in [-0.1, -0.05) is 6.07 Å². The fraction of sp³-hybridized carbons (Fsp3) is 0. The molecule has 0 unspecified atom stereocenters. The van der Waals surface area contributed by atoms with E-state index >= 15 is 0 Å². The summed E-state index contributed by atoms with van der Waals surface area (Å²) in [5, 5.41) is 0. The van der Waals surface area contributed by atoms with E-state index in [1.807, 2.05) is 24.3 Å². The molecule has 2 heterocycles. The molecule has 3 heteroatoms. The van der Waals surface area contributed by atoms with Crippen LogP contribution in [0.15, 0.2) is 47.3 Å². The Labute approximate surface area is 84.8 Å². The summed E-state index contributed by atoms with van der Waals surface area (Å²) in [5.41, 5.74) is 1.96. The van der Waals surface area contributed by atoms with Crippen molar-refractivity contribution in [1.82, 2.24) is 9.97 Å². The minimum atomic E-state index is 0.941. The number of rotatable bonds is 1. The molecule has 2 rings (SSSR count). The van der Waals surface area contributed by atoms with Gasteiger partial charge in [0.05, 0.1) is 5.69 Å². The van der Waals surface area contributed by atoms with Crippen molar-refractivity contribution in [3.8, 4) is 11.3 Å². The van der Waals surface area contributed by atoms with E-state index in [-0.39, 0.29) is 0 Å². The first-order valence-corrected chi connectivity index (χ1v) is 4.67. The molecule has 0 aliphatic heterocycles. The second kappa shape index (κ2) is 3.66. The fourth-order valence-corrected chi connectivity index (χ4v) is 1.45. The predicted octanol–water partition coefficient (Wildman–Crippen LogP) is 2.91. The van der Waals surface area contributed by atoms with Crippen LogP contribution >= 0.6 is 15.9 Å². The van der Waals surface area contributed by atoms with Crippen LogP contribution in [0.4, 0.5) is 0 Å². The van der Waals surface area contributed by atoms with E-state index in [0.29, 0.717) is 0 Å². The molecule has 0 aliphatic rings. The number of hydrogen-bond acceptors (Lipinski definition) is 2. The van der Waals surface area contributed by atoms with Crippen LogP contribution < -0.4 is 0 Å². The Morgan fingerprint density at radius 2 is 2.08 bits per heavy atom. The van der Waals surface area contributed by atoms with Crippen LogP contribution in [0.5, 0.6) is 0 Å². The fourth-order valence-electron chi connectivity index (χ4n) is 1.09. The van der Waals surface area contributed by atoms with E-state index in [4.69, 9.17) is 0 Å². The van der Waals surface area contributed by atoms with Gasteiger partial charge < -0.3 is 0 Å². The van der Waals surface area contributed by atoms with Crippen molar-refractivity contribution in [3.63, 3.8) is 0 Å². The lowest BCUT2D eigenvalue weighted by atomic mass is 10.2. The first-order chi connectivity index (χ1) is 6.36. The number of halogens is 1. The van der Waals surface area contributed by atoms with Crippen LogP contribution in [-0.2, 0) is 0 Å². The van der Waals surface area contributed by atoms with Crippen molar-refractivity contribution in [2.24, 2.45) is 0 Å². The second-order valence-electron chi connectivity index (χ2n) is 2.61. The summed E-state index contributed by atoms with van der Waals surface area (Å²) in [6.07, 6.45) is 5.33. The molecule has 0 fully saturated rings. The van der Waals surface area contributed by atoms with Gasteiger partial charge in [-0.05, 0) is 34.1 Å². The molecule has 64 valence electrons. The summed E-state index contributed by atoms with van der Waals surface area (Å²) in [7, 11) is 0. The van der Waals surface area contributed by atoms with E-state index in [2.05, 4.69) is 25.9 Å². The summed E-state index contributed by atoms with van der Waals surface area (Å²) >= 11 is 3.37. The highest BCUT2D eigenvalue weighted by Gasteiger charge is 1.97. The van der Waals surface area contributed by atoms with E-state index < -0.39 is 0 Å². The maximum Gasteiger partial charge on any atom is 0.0717 e. The Morgan fingerprint density at radius 3 is 2.77 bits per heavy atom. The summed E-state index contributed by atoms with van der Waals surface area (Å²) in [4.78, 5) is 8.30. The van der Waals surface area contributed by atoms with Gasteiger partial charge in [0.2, 0.25) is 0 Å². The maximum absolute atomic E-state index is 4.23. The maximum atomic E-state index is 4.23. The third-order valence-electron chi connectivity index (χ3n) is 1.67. The average molecular weight is 235 g/mol. The standard InChI is InChI=1S/C10H7BrN2/c11-9-5-8(6-12-7-9)10-3-1-2-4-13-10/h1-7H. The van der Waals surface area contributed by atoms with E-state index in [0.717, 1.165) is 15.7 Å². The van der Waals surface area contributed by atoms with Gasteiger partial charge in [-0.2, -0.15) is 0 Å². The smallest absolute Gasteiger partial charge is 0.0717 e.